The maximum Gasteiger partial charge on any atom is 0.271 e. The number of aromatic nitrogens is 1. The van der Waals surface area contributed by atoms with Gasteiger partial charge in [-0.15, -0.1) is 0 Å². The average Bonchev–Trinajstić information content (AvgIpc) is 2.72. The van der Waals surface area contributed by atoms with Crippen LogP contribution < -0.4 is 5.32 Å². The zero-order valence-electron chi connectivity index (χ0n) is 17.6. The molecule has 0 unspecified atom stereocenters. The van der Waals surface area contributed by atoms with Crippen molar-refractivity contribution >= 4 is 23.4 Å². The Morgan fingerprint density at radius 3 is 2.26 bits per heavy atom. The molecule has 0 bridgehead atoms. The van der Waals surface area contributed by atoms with Gasteiger partial charge in [0.2, 0.25) is 5.91 Å². The Bertz CT molecular complexity index is 1010. The van der Waals surface area contributed by atoms with Crippen LogP contribution in [-0.4, -0.2) is 59.7 Å². The van der Waals surface area contributed by atoms with Crippen LogP contribution >= 0.6 is 0 Å². The van der Waals surface area contributed by atoms with Gasteiger partial charge in [-0.25, -0.2) is 18.2 Å². The van der Waals surface area contributed by atoms with Crippen LogP contribution in [0, 0.1) is 24.4 Å². The van der Waals surface area contributed by atoms with E-state index in [1.54, 1.807) is 27.9 Å². The van der Waals surface area contributed by atoms with Crippen LogP contribution in [0.3, 0.4) is 0 Å². The Morgan fingerprint density at radius 2 is 1.68 bits per heavy atom. The van der Waals surface area contributed by atoms with Crippen molar-refractivity contribution in [2.24, 2.45) is 0 Å². The van der Waals surface area contributed by atoms with E-state index in [1.165, 1.54) is 21.9 Å². The van der Waals surface area contributed by atoms with Crippen LogP contribution in [0.4, 0.5) is 18.9 Å². The lowest BCUT2D eigenvalue weighted by atomic mass is 10.1. The Kier molecular flexibility index (Phi) is 7.73. The van der Waals surface area contributed by atoms with E-state index in [9.17, 15) is 27.6 Å². The molecule has 0 saturated carbocycles. The molecule has 0 spiro atoms. The third-order valence-corrected chi connectivity index (χ3v) is 4.37. The summed E-state index contributed by atoms with van der Waals surface area (Å²) >= 11 is 0. The van der Waals surface area contributed by atoms with Crippen molar-refractivity contribution in [2.75, 3.05) is 32.5 Å². The number of halogens is 3. The van der Waals surface area contributed by atoms with E-state index in [-0.39, 0.29) is 23.7 Å². The topological polar surface area (TPSA) is 82.6 Å². The molecule has 0 atom stereocenters. The van der Waals surface area contributed by atoms with Gasteiger partial charge in [-0.1, -0.05) is 6.92 Å². The highest BCUT2D eigenvalue weighted by molar-refractivity contribution is 6.00. The van der Waals surface area contributed by atoms with Crippen LogP contribution in [0.2, 0.25) is 0 Å². The summed E-state index contributed by atoms with van der Waals surface area (Å²) < 4.78 is 40.2. The van der Waals surface area contributed by atoms with Crippen LogP contribution in [0.5, 0.6) is 0 Å². The summed E-state index contributed by atoms with van der Waals surface area (Å²) in [6.07, 6.45) is 0.530. The van der Waals surface area contributed by atoms with Gasteiger partial charge in [0, 0.05) is 20.6 Å². The number of nitrogens with zero attached hydrogens (tertiary/aromatic N) is 3. The molecular weight excluding hydrogens is 413 g/mol. The Labute approximate surface area is 177 Å². The minimum absolute atomic E-state index is 0.174. The maximum atomic E-state index is 13.8. The third-order valence-electron chi connectivity index (χ3n) is 4.37. The second-order valence-corrected chi connectivity index (χ2v) is 7.03. The number of hydrogen-bond acceptors (Lipinski definition) is 4. The third kappa shape index (κ3) is 5.59. The molecule has 0 aliphatic heterocycles. The lowest BCUT2D eigenvalue weighted by Crippen LogP contribution is -2.39. The van der Waals surface area contributed by atoms with Gasteiger partial charge in [-0.2, -0.15) is 0 Å². The fourth-order valence-electron chi connectivity index (χ4n) is 2.81. The number of carbonyl (C=O) groups is 3. The second kappa shape index (κ2) is 10.1. The molecule has 2 rings (SSSR count). The first-order chi connectivity index (χ1) is 14.6. The molecule has 0 aliphatic rings. The number of amides is 3. The van der Waals surface area contributed by atoms with Gasteiger partial charge in [0.25, 0.3) is 11.8 Å². The van der Waals surface area contributed by atoms with E-state index >= 15 is 0 Å². The SMILES string of the molecule is CCCN(CC(=O)Nc1ccc(F)c(F)c1F)C(=O)c1ccc(C(=O)N(C)C)nc1C. The summed E-state index contributed by atoms with van der Waals surface area (Å²) in [5, 5.41) is 2.14. The van der Waals surface area contributed by atoms with Crippen molar-refractivity contribution in [3.05, 3.63) is 58.7 Å². The molecule has 0 aliphatic carbocycles. The number of nitrogens with one attached hydrogen (secondary N) is 1. The van der Waals surface area contributed by atoms with E-state index in [1.807, 2.05) is 0 Å². The van der Waals surface area contributed by atoms with Gasteiger partial charge in [0.1, 0.15) is 12.2 Å². The van der Waals surface area contributed by atoms with Gasteiger partial charge >= 0.3 is 0 Å². The lowest BCUT2D eigenvalue weighted by molar-refractivity contribution is -0.116. The lowest BCUT2D eigenvalue weighted by Gasteiger charge is -2.22. The van der Waals surface area contributed by atoms with E-state index in [2.05, 4.69) is 10.3 Å². The zero-order chi connectivity index (χ0) is 23.3. The van der Waals surface area contributed by atoms with E-state index in [0.29, 0.717) is 18.2 Å². The van der Waals surface area contributed by atoms with Crippen molar-refractivity contribution in [2.45, 2.75) is 20.3 Å². The van der Waals surface area contributed by atoms with Crippen molar-refractivity contribution in [3.8, 4) is 0 Å². The summed E-state index contributed by atoms with van der Waals surface area (Å²) in [6.45, 7) is 3.14. The largest absolute Gasteiger partial charge is 0.343 e. The van der Waals surface area contributed by atoms with Crippen molar-refractivity contribution in [1.82, 2.24) is 14.8 Å². The summed E-state index contributed by atoms with van der Waals surface area (Å²) in [5.41, 5.74) is 0.159. The molecule has 1 heterocycles. The molecule has 7 nitrogen and oxygen atoms in total. The van der Waals surface area contributed by atoms with Crippen molar-refractivity contribution in [1.29, 1.82) is 0 Å². The molecule has 0 fully saturated rings. The van der Waals surface area contributed by atoms with E-state index < -0.39 is 41.5 Å². The molecule has 0 saturated heterocycles. The highest BCUT2D eigenvalue weighted by Crippen LogP contribution is 2.20. The number of pyridine rings is 1. The minimum Gasteiger partial charge on any atom is -0.343 e. The molecule has 2 aromatic rings. The molecule has 1 N–H and O–H groups in total. The summed E-state index contributed by atoms with van der Waals surface area (Å²) in [5.74, 6) is -6.21. The van der Waals surface area contributed by atoms with Crippen LogP contribution in [0.1, 0.15) is 39.9 Å². The fraction of sp³-hybridized carbons (Fsp3) is 0.333. The predicted molar refractivity (Wildman–Crippen MR) is 108 cm³/mol. The molecule has 31 heavy (non-hydrogen) atoms. The zero-order valence-corrected chi connectivity index (χ0v) is 17.6. The Hall–Kier alpha value is -3.43. The molecule has 3 amide bonds. The normalized spacial score (nSPS) is 10.5. The van der Waals surface area contributed by atoms with E-state index in [4.69, 9.17) is 0 Å². The number of carbonyl (C=O) groups excluding carboxylic acids is 3. The number of benzene rings is 1. The minimum atomic E-state index is -1.70. The number of anilines is 1. The smallest absolute Gasteiger partial charge is 0.271 e. The second-order valence-electron chi connectivity index (χ2n) is 7.03. The average molecular weight is 436 g/mol. The highest BCUT2D eigenvalue weighted by Gasteiger charge is 2.23. The predicted octanol–water partition coefficient (Wildman–Crippen LogP) is 3.00. The number of hydrogen-bond donors (Lipinski definition) is 1. The number of rotatable bonds is 7. The molecule has 1 aromatic carbocycles. The molecule has 10 heteroatoms. The summed E-state index contributed by atoms with van der Waals surface area (Å²) in [7, 11) is 3.16. The van der Waals surface area contributed by atoms with Gasteiger partial charge in [-0.3, -0.25) is 14.4 Å². The fourth-order valence-corrected chi connectivity index (χ4v) is 2.81. The monoisotopic (exact) mass is 436 g/mol. The molecular formula is C21H23F3N4O3. The van der Waals surface area contributed by atoms with Crippen LogP contribution in [0.15, 0.2) is 24.3 Å². The molecule has 1 aromatic heterocycles. The number of aryl methyl sites for hydroxylation is 1. The highest BCUT2D eigenvalue weighted by atomic mass is 19.2. The van der Waals surface area contributed by atoms with Crippen molar-refractivity contribution in [3.63, 3.8) is 0 Å². The first-order valence-corrected chi connectivity index (χ1v) is 9.48. The van der Waals surface area contributed by atoms with Crippen molar-refractivity contribution < 1.29 is 27.6 Å². The molecule has 0 radical (unpaired) electrons. The molecule has 166 valence electrons. The van der Waals surface area contributed by atoms with Crippen LogP contribution in [-0.2, 0) is 4.79 Å². The Morgan fingerprint density at radius 1 is 1.00 bits per heavy atom. The van der Waals surface area contributed by atoms with Gasteiger partial charge in [-0.05, 0) is 37.6 Å². The van der Waals surface area contributed by atoms with Crippen LogP contribution in [0.25, 0.3) is 0 Å². The van der Waals surface area contributed by atoms with Gasteiger partial charge in [0.05, 0.1) is 16.9 Å². The van der Waals surface area contributed by atoms with Gasteiger partial charge in [0.15, 0.2) is 17.5 Å². The van der Waals surface area contributed by atoms with Gasteiger partial charge < -0.3 is 15.1 Å². The summed E-state index contributed by atoms with van der Waals surface area (Å²) in [6, 6.07) is 4.46. The van der Waals surface area contributed by atoms with E-state index in [0.717, 1.165) is 6.07 Å². The summed E-state index contributed by atoms with van der Waals surface area (Å²) in [4.78, 5) is 44.1. The standard InChI is InChI=1S/C21H23F3N4O3/c1-5-10-28(11-17(29)26-15-9-7-14(22)18(23)19(15)24)20(30)13-6-8-16(25-12(13)2)21(31)27(3)4/h6-9H,5,10-11H2,1-4H3,(H,26,29). The Balaban J connectivity index is 2.20. The maximum absolute atomic E-state index is 13.8. The quantitative estimate of drug-likeness (QED) is 0.677. The first kappa shape index (κ1) is 23.8. The first-order valence-electron chi connectivity index (χ1n) is 9.48.